The van der Waals surface area contributed by atoms with E-state index in [1.807, 2.05) is 36.2 Å². The van der Waals surface area contributed by atoms with Gasteiger partial charge in [-0.15, -0.1) is 0 Å². The second-order valence-electron chi connectivity index (χ2n) is 9.40. The molecule has 0 N–H and O–H groups in total. The number of anilines is 1. The summed E-state index contributed by atoms with van der Waals surface area (Å²) < 4.78 is 26.6. The molecule has 1 aliphatic heterocycles. The Morgan fingerprint density at radius 3 is 2.59 bits per heavy atom. The van der Waals surface area contributed by atoms with E-state index in [2.05, 4.69) is 20.9 Å². The largest absolute Gasteiger partial charge is 0.461 e. The van der Waals surface area contributed by atoms with Crippen molar-refractivity contribution in [3.63, 3.8) is 0 Å². The van der Waals surface area contributed by atoms with Crippen LogP contribution in [-0.4, -0.2) is 47.7 Å². The van der Waals surface area contributed by atoms with Crippen LogP contribution in [0.5, 0.6) is 0 Å². The lowest BCUT2D eigenvalue weighted by Crippen LogP contribution is -2.36. The molecule has 0 bridgehead atoms. The minimum absolute atomic E-state index is 0.182. The fraction of sp³-hybridized carbons (Fsp3) is 0.345. The average molecular weight is 503 g/mol. The standard InChI is InChI=1S/C29H31FN4O3/c1-21-25(29(35)24-16-26(30)27(17-28(24)37-21)34-12-14-36-15-13-34)20-33(19-23-6-9-31-10-7-23)11-3-5-22-4-2-8-32-18-22/h2,4,6-10,16-18H,3,5,11-15,19-20H2,1H3. The molecule has 1 saturated heterocycles. The minimum Gasteiger partial charge on any atom is -0.461 e. The molecule has 7 nitrogen and oxygen atoms in total. The first kappa shape index (κ1) is 25.0. The zero-order valence-electron chi connectivity index (χ0n) is 21.0. The van der Waals surface area contributed by atoms with Crippen molar-refractivity contribution in [3.8, 4) is 0 Å². The number of pyridine rings is 2. The summed E-state index contributed by atoms with van der Waals surface area (Å²) in [4.78, 5) is 26.0. The van der Waals surface area contributed by atoms with Crippen LogP contribution in [0.25, 0.3) is 11.0 Å². The van der Waals surface area contributed by atoms with Crippen LogP contribution in [0.4, 0.5) is 10.1 Å². The molecular formula is C29H31FN4O3. The summed E-state index contributed by atoms with van der Waals surface area (Å²) in [5, 5.41) is 0.273. The first-order valence-corrected chi connectivity index (χ1v) is 12.7. The van der Waals surface area contributed by atoms with Gasteiger partial charge >= 0.3 is 0 Å². The van der Waals surface area contributed by atoms with Crippen LogP contribution in [-0.2, 0) is 24.2 Å². The predicted molar refractivity (Wildman–Crippen MR) is 141 cm³/mol. The molecule has 1 aliphatic rings. The fourth-order valence-electron chi connectivity index (χ4n) is 4.82. The van der Waals surface area contributed by atoms with Gasteiger partial charge in [-0.1, -0.05) is 6.07 Å². The van der Waals surface area contributed by atoms with Gasteiger partial charge in [-0.2, -0.15) is 0 Å². The van der Waals surface area contributed by atoms with E-state index >= 15 is 4.39 Å². The SMILES string of the molecule is Cc1oc2cc(N3CCOCC3)c(F)cc2c(=O)c1CN(CCCc1cccnc1)Cc1ccncc1. The molecule has 1 aromatic carbocycles. The summed E-state index contributed by atoms with van der Waals surface area (Å²) in [5.74, 6) is 0.144. The monoisotopic (exact) mass is 502 g/mol. The highest BCUT2D eigenvalue weighted by Crippen LogP contribution is 2.27. The zero-order valence-corrected chi connectivity index (χ0v) is 21.0. The first-order chi connectivity index (χ1) is 18.1. The van der Waals surface area contributed by atoms with Gasteiger partial charge in [0, 0.05) is 57.0 Å². The van der Waals surface area contributed by atoms with Crippen LogP contribution >= 0.6 is 0 Å². The van der Waals surface area contributed by atoms with Crippen molar-refractivity contribution in [2.24, 2.45) is 0 Å². The summed E-state index contributed by atoms with van der Waals surface area (Å²) in [5.41, 5.74) is 3.52. The highest BCUT2D eigenvalue weighted by Gasteiger charge is 2.21. The summed E-state index contributed by atoms with van der Waals surface area (Å²) in [6.45, 7) is 5.97. The van der Waals surface area contributed by atoms with Gasteiger partial charge in [0.25, 0.3) is 0 Å². The van der Waals surface area contributed by atoms with E-state index in [1.165, 1.54) is 11.6 Å². The van der Waals surface area contributed by atoms with Crippen molar-refractivity contribution in [2.75, 3.05) is 37.7 Å². The molecule has 0 unspecified atom stereocenters. The lowest BCUT2D eigenvalue weighted by molar-refractivity contribution is 0.122. The smallest absolute Gasteiger partial charge is 0.197 e. The van der Waals surface area contributed by atoms with E-state index in [9.17, 15) is 4.79 Å². The van der Waals surface area contributed by atoms with Gasteiger partial charge < -0.3 is 14.1 Å². The van der Waals surface area contributed by atoms with E-state index in [1.54, 1.807) is 24.7 Å². The number of hydrogen-bond acceptors (Lipinski definition) is 7. The van der Waals surface area contributed by atoms with Crippen molar-refractivity contribution >= 4 is 16.7 Å². The highest BCUT2D eigenvalue weighted by atomic mass is 19.1. The Hall–Kier alpha value is -3.62. The molecule has 0 atom stereocenters. The maximum Gasteiger partial charge on any atom is 0.197 e. The Bertz CT molecular complexity index is 1390. The summed E-state index contributed by atoms with van der Waals surface area (Å²) >= 11 is 0. The maximum atomic E-state index is 15.1. The van der Waals surface area contributed by atoms with Gasteiger partial charge in [-0.25, -0.2) is 4.39 Å². The van der Waals surface area contributed by atoms with Crippen LogP contribution in [0.3, 0.4) is 0 Å². The number of morpholine rings is 1. The van der Waals surface area contributed by atoms with Gasteiger partial charge in [-0.3, -0.25) is 19.7 Å². The molecule has 3 aromatic heterocycles. The van der Waals surface area contributed by atoms with Crippen LogP contribution in [0.1, 0.15) is 28.9 Å². The van der Waals surface area contributed by atoms with Crippen molar-refractivity contribution < 1.29 is 13.5 Å². The maximum absolute atomic E-state index is 15.1. The number of rotatable bonds is 9. The van der Waals surface area contributed by atoms with Crippen molar-refractivity contribution in [3.05, 3.63) is 99.7 Å². The molecule has 0 saturated carbocycles. The number of fused-ring (bicyclic) bond motifs is 1. The molecule has 0 spiro atoms. The molecule has 8 heteroatoms. The van der Waals surface area contributed by atoms with Crippen LogP contribution in [0.2, 0.25) is 0 Å². The normalized spacial score (nSPS) is 14.0. The Morgan fingerprint density at radius 1 is 1.03 bits per heavy atom. The van der Waals surface area contributed by atoms with Gasteiger partial charge in [-0.05, 0) is 61.7 Å². The Morgan fingerprint density at radius 2 is 1.84 bits per heavy atom. The second kappa shape index (κ2) is 11.6. The summed E-state index contributed by atoms with van der Waals surface area (Å²) in [7, 11) is 0. The van der Waals surface area contributed by atoms with Gasteiger partial charge in [0.05, 0.1) is 29.9 Å². The van der Waals surface area contributed by atoms with Gasteiger partial charge in [0.1, 0.15) is 17.2 Å². The van der Waals surface area contributed by atoms with Crippen LogP contribution < -0.4 is 10.3 Å². The summed E-state index contributed by atoms with van der Waals surface area (Å²) in [6, 6.07) is 10.9. The fourth-order valence-corrected chi connectivity index (χ4v) is 4.82. The molecule has 4 aromatic rings. The Labute approximate surface area is 215 Å². The molecule has 0 amide bonds. The number of aryl methyl sites for hydroxylation is 2. The predicted octanol–water partition coefficient (Wildman–Crippen LogP) is 4.50. The lowest BCUT2D eigenvalue weighted by Gasteiger charge is -2.29. The molecule has 1 fully saturated rings. The highest BCUT2D eigenvalue weighted by molar-refractivity contribution is 5.81. The number of ether oxygens (including phenoxy) is 1. The van der Waals surface area contributed by atoms with Gasteiger partial charge in [0.2, 0.25) is 0 Å². The molecule has 4 heterocycles. The summed E-state index contributed by atoms with van der Waals surface area (Å²) in [6.07, 6.45) is 9.00. The van der Waals surface area contributed by atoms with Crippen molar-refractivity contribution in [1.82, 2.24) is 14.9 Å². The number of hydrogen-bond donors (Lipinski definition) is 0. The van der Waals surface area contributed by atoms with E-state index in [4.69, 9.17) is 9.15 Å². The van der Waals surface area contributed by atoms with E-state index < -0.39 is 5.82 Å². The Kier molecular flexibility index (Phi) is 7.87. The number of aromatic nitrogens is 2. The van der Waals surface area contributed by atoms with Crippen LogP contribution in [0, 0.1) is 12.7 Å². The third-order valence-corrected chi connectivity index (χ3v) is 6.81. The minimum atomic E-state index is -0.415. The third kappa shape index (κ3) is 6.03. The van der Waals surface area contributed by atoms with Crippen molar-refractivity contribution in [2.45, 2.75) is 32.9 Å². The second-order valence-corrected chi connectivity index (χ2v) is 9.40. The quantitative estimate of drug-likeness (QED) is 0.334. The Balaban J connectivity index is 1.41. The first-order valence-electron chi connectivity index (χ1n) is 12.7. The molecule has 37 heavy (non-hydrogen) atoms. The van der Waals surface area contributed by atoms with E-state index in [-0.39, 0.29) is 10.8 Å². The number of nitrogens with zero attached hydrogens (tertiary/aromatic N) is 4. The zero-order chi connectivity index (χ0) is 25.6. The molecular weight excluding hydrogens is 471 g/mol. The molecule has 5 rings (SSSR count). The average Bonchev–Trinajstić information content (AvgIpc) is 2.93. The van der Waals surface area contributed by atoms with E-state index in [0.29, 0.717) is 62.0 Å². The van der Waals surface area contributed by atoms with Crippen LogP contribution in [0.15, 0.2) is 70.4 Å². The number of benzene rings is 1. The third-order valence-electron chi connectivity index (χ3n) is 6.81. The molecule has 192 valence electrons. The molecule has 0 radical (unpaired) electrons. The topological polar surface area (TPSA) is 71.7 Å². The lowest BCUT2D eigenvalue weighted by atomic mass is 10.1. The molecule has 0 aliphatic carbocycles. The van der Waals surface area contributed by atoms with E-state index in [0.717, 1.165) is 24.9 Å². The number of halogens is 1. The van der Waals surface area contributed by atoms with Gasteiger partial charge in [0.15, 0.2) is 5.43 Å². The van der Waals surface area contributed by atoms with Crippen molar-refractivity contribution in [1.29, 1.82) is 0 Å².